The van der Waals surface area contributed by atoms with Gasteiger partial charge in [0.05, 0.1) is 29.1 Å². The number of hydrogen-bond acceptors (Lipinski definition) is 5. The molecule has 0 bridgehead atoms. The molecule has 0 aliphatic carbocycles. The number of aryl methyl sites for hydroxylation is 1. The van der Waals surface area contributed by atoms with E-state index in [0.29, 0.717) is 37.0 Å². The second-order valence-corrected chi connectivity index (χ2v) is 9.46. The van der Waals surface area contributed by atoms with E-state index in [2.05, 4.69) is 17.6 Å². The number of aromatic nitrogens is 2. The monoisotopic (exact) mass is 417 g/mol. The van der Waals surface area contributed by atoms with Crippen LogP contribution in [0.2, 0.25) is 0 Å². The second-order valence-electron chi connectivity index (χ2n) is 6.58. The molecule has 0 radical (unpaired) electrons. The van der Waals surface area contributed by atoms with Gasteiger partial charge in [-0.1, -0.05) is 36.0 Å². The Morgan fingerprint density at radius 3 is 2.68 bits per heavy atom. The van der Waals surface area contributed by atoms with E-state index in [0.717, 1.165) is 28.3 Å². The fraction of sp³-hybridized carbons (Fsp3) is 0.350. The molecule has 1 fully saturated rings. The van der Waals surface area contributed by atoms with Gasteiger partial charge >= 0.3 is 0 Å². The molecule has 4 rings (SSSR count). The number of thioether (sulfide) groups is 1. The summed E-state index contributed by atoms with van der Waals surface area (Å²) in [6, 6.07) is 15.3. The Kier molecular flexibility index (Phi) is 5.73. The van der Waals surface area contributed by atoms with Crippen LogP contribution in [-0.2, 0) is 27.1 Å². The maximum Gasteiger partial charge on any atom is 0.243 e. The fourth-order valence-corrected chi connectivity index (χ4v) is 5.85. The summed E-state index contributed by atoms with van der Waals surface area (Å²) in [6.07, 6.45) is 0. The van der Waals surface area contributed by atoms with Crippen molar-refractivity contribution < 1.29 is 13.2 Å². The summed E-state index contributed by atoms with van der Waals surface area (Å²) in [5, 5.41) is 0.949. The normalized spacial score (nSPS) is 15.9. The number of benzene rings is 2. The third-order valence-electron chi connectivity index (χ3n) is 4.81. The number of imidazole rings is 1. The zero-order valence-corrected chi connectivity index (χ0v) is 17.4. The maximum atomic E-state index is 12.9. The van der Waals surface area contributed by atoms with Crippen molar-refractivity contribution in [2.24, 2.45) is 0 Å². The van der Waals surface area contributed by atoms with E-state index in [9.17, 15) is 8.42 Å². The molecule has 3 aromatic rings. The third kappa shape index (κ3) is 3.82. The van der Waals surface area contributed by atoms with Crippen LogP contribution in [0.4, 0.5) is 0 Å². The standard InChI is InChI=1S/C20H23N3O3S2/c1-2-23-19-9-4-3-8-18(19)21-20(23)27-15-16-6-5-7-17(14-16)28(24,25)22-10-12-26-13-11-22/h3-9,14H,2,10-13,15H2,1H3. The predicted molar refractivity (Wildman–Crippen MR) is 111 cm³/mol. The van der Waals surface area contributed by atoms with E-state index in [-0.39, 0.29) is 0 Å². The average Bonchev–Trinajstić information content (AvgIpc) is 3.10. The van der Waals surface area contributed by atoms with Gasteiger partial charge < -0.3 is 9.30 Å². The van der Waals surface area contributed by atoms with Gasteiger partial charge in [0, 0.05) is 25.4 Å². The van der Waals surface area contributed by atoms with Crippen LogP contribution in [0.15, 0.2) is 58.6 Å². The van der Waals surface area contributed by atoms with E-state index >= 15 is 0 Å². The summed E-state index contributed by atoms with van der Waals surface area (Å²) in [5.74, 6) is 0.662. The van der Waals surface area contributed by atoms with Crippen molar-refractivity contribution in [2.45, 2.75) is 29.3 Å². The van der Waals surface area contributed by atoms with E-state index in [1.165, 1.54) is 4.31 Å². The molecule has 1 saturated heterocycles. The molecule has 1 aliphatic rings. The summed E-state index contributed by atoms with van der Waals surface area (Å²) in [7, 11) is -3.48. The number of para-hydroxylation sites is 2. The van der Waals surface area contributed by atoms with Crippen LogP contribution >= 0.6 is 11.8 Å². The lowest BCUT2D eigenvalue weighted by Crippen LogP contribution is -2.40. The molecule has 0 saturated carbocycles. The first-order valence-corrected chi connectivity index (χ1v) is 11.8. The van der Waals surface area contributed by atoms with Crippen LogP contribution in [0.5, 0.6) is 0 Å². The molecule has 148 valence electrons. The van der Waals surface area contributed by atoms with Crippen molar-refractivity contribution in [2.75, 3.05) is 26.3 Å². The van der Waals surface area contributed by atoms with Gasteiger partial charge in [-0.25, -0.2) is 13.4 Å². The molecule has 28 heavy (non-hydrogen) atoms. The minimum Gasteiger partial charge on any atom is -0.379 e. The van der Waals surface area contributed by atoms with E-state index in [1.54, 1.807) is 23.9 Å². The van der Waals surface area contributed by atoms with Gasteiger partial charge in [-0.3, -0.25) is 0 Å². The lowest BCUT2D eigenvalue weighted by molar-refractivity contribution is 0.0730. The molecule has 0 unspecified atom stereocenters. The highest BCUT2D eigenvalue weighted by Crippen LogP contribution is 2.28. The highest BCUT2D eigenvalue weighted by molar-refractivity contribution is 7.98. The Morgan fingerprint density at radius 1 is 1.11 bits per heavy atom. The Hall–Kier alpha value is -1.87. The summed E-state index contributed by atoms with van der Waals surface area (Å²) >= 11 is 1.63. The van der Waals surface area contributed by atoms with Gasteiger partial charge in [-0.2, -0.15) is 4.31 Å². The predicted octanol–water partition coefficient (Wildman–Crippen LogP) is 3.37. The Balaban J connectivity index is 1.54. The largest absolute Gasteiger partial charge is 0.379 e. The molecular weight excluding hydrogens is 394 g/mol. The molecule has 2 heterocycles. The lowest BCUT2D eigenvalue weighted by atomic mass is 10.2. The molecule has 0 atom stereocenters. The van der Waals surface area contributed by atoms with E-state index in [1.807, 2.05) is 30.3 Å². The average molecular weight is 418 g/mol. The van der Waals surface area contributed by atoms with Crippen LogP contribution < -0.4 is 0 Å². The minimum absolute atomic E-state index is 0.344. The molecule has 1 aromatic heterocycles. The van der Waals surface area contributed by atoms with Crippen molar-refractivity contribution >= 4 is 32.8 Å². The number of sulfonamides is 1. The fourth-order valence-electron chi connectivity index (χ4n) is 3.35. The minimum atomic E-state index is -3.48. The second kappa shape index (κ2) is 8.24. The van der Waals surface area contributed by atoms with Gasteiger partial charge in [0.2, 0.25) is 10.0 Å². The molecule has 0 spiro atoms. The summed E-state index contributed by atoms with van der Waals surface area (Å²) in [4.78, 5) is 5.07. The first-order valence-electron chi connectivity index (χ1n) is 9.34. The summed E-state index contributed by atoms with van der Waals surface area (Å²) in [6.45, 7) is 4.65. The number of ether oxygens (including phenoxy) is 1. The Labute approximate surface area is 169 Å². The number of hydrogen-bond donors (Lipinski definition) is 0. The molecule has 1 aliphatic heterocycles. The molecule has 0 N–H and O–H groups in total. The Morgan fingerprint density at radius 2 is 1.89 bits per heavy atom. The van der Waals surface area contributed by atoms with Gasteiger partial charge in [-0.15, -0.1) is 0 Å². The van der Waals surface area contributed by atoms with E-state index < -0.39 is 10.0 Å². The van der Waals surface area contributed by atoms with Crippen molar-refractivity contribution in [1.82, 2.24) is 13.9 Å². The van der Waals surface area contributed by atoms with Crippen molar-refractivity contribution in [3.63, 3.8) is 0 Å². The van der Waals surface area contributed by atoms with Crippen molar-refractivity contribution in [1.29, 1.82) is 0 Å². The van der Waals surface area contributed by atoms with Gasteiger partial charge in [0.15, 0.2) is 5.16 Å². The van der Waals surface area contributed by atoms with Gasteiger partial charge in [0.25, 0.3) is 0 Å². The molecule has 0 amide bonds. The SMILES string of the molecule is CCn1c(SCc2cccc(S(=O)(=O)N3CCOCC3)c2)nc2ccccc21. The van der Waals surface area contributed by atoms with E-state index in [4.69, 9.17) is 9.72 Å². The zero-order chi connectivity index (χ0) is 19.6. The van der Waals surface area contributed by atoms with Crippen LogP contribution in [0, 0.1) is 0 Å². The highest BCUT2D eigenvalue weighted by atomic mass is 32.2. The Bertz CT molecular complexity index is 1070. The van der Waals surface area contributed by atoms with Crippen LogP contribution in [0.3, 0.4) is 0 Å². The molecule has 6 nitrogen and oxygen atoms in total. The lowest BCUT2D eigenvalue weighted by Gasteiger charge is -2.26. The summed E-state index contributed by atoms with van der Waals surface area (Å²) in [5.41, 5.74) is 3.07. The molecular formula is C20H23N3O3S2. The maximum absolute atomic E-state index is 12.9. The zero-order valence-electron chi connectivity index (χ0n) is 15.7. The first kappa shape index (κ1) is 19.4. The van der Waals surface area contributed by atoms with Crippen LogP contribution in [-0.4, -0.2) is 48.6 Å². The van der Waals surface area contributed by atoms with Crippen LogP contribution in [0.25, 0.3) is 11.0 Å². The number of fused-ring (bicyclic) bond motifs is 1. The smallest absolute Gasteiger partial charge is 0.243 e. The van der Waals surface area contributed by atoms with Crippen molar-refractivity contribution in [3.05, 3.63) is 54.1 Å². The van der Waals surface area contributed by atoms with Gasteiger partial charge in [0.1, 0.15) is 0 Å². The highest BCUT2D eigenvalue weighted by Gasteiger charge is 2.26. The molecule has 8 heteroatoms. The van der Waals surface area contributed by atoms with Crippen molar-refractivity contribution in [3.8, 4) is 0 Å². The first-order chi connectivity index (χ1) is 13.6. The number of nitrogens with zero attached hydrogens (tertiary/aromatic N) is 3. The van der Waals surface area contributed by atoms with Gasteiger partial charge in [-0.05, 0) is 36.8 Å². The quantitative estimate of drug-likeness (QED) is 0.576. The number of morpholine rings is 1. The van der Waals surface area contributed by atoms with Crippen LogP contribution in [0.1, 0.15) is 12.5 Å². The third-order valence-corrected chi connectivity index (χ3v) is 7.75. The molecule has 2 aromatic carbocycles. The summed E-state index contributed by atoms with van der Waals surface area (Å²) < 4.78 is 34.7. The topological polar surface area (TPSA) is 64.4 Å². The number of rotatable bonds is 6.